The van der Waals surface area contributed by atoms with Crippen LogP contribution in [0, 0.1) is 0 Å². The van der Waals surface area contributed by atoms with Gasteiger partial charge in [0.1, 0.15) is 22.7 Å². The smallest absolute Gasteiger partial charge is 0.234 e. The number of hydrogen-bond acceptors (Lipinski definition) is 7. The number of fused-ring (bicyclic) bond motifs is 1. The number of methoxy groups -OCH3 is 1. The zero-order valence-corrected chi connectivity index (χ0v) is 17.3. The minimum Gasteiger partial charge on any atom is -0.496 e. The van der Waals surface area contributed by atoms with Crippen LogP contribution < -0.4 is 15.0 Å². The summed E-state index contributed by atoms with van der Waals surface area (Å²) in [4.78, 5) is 26.6. The van der Waals surface area contributed by atoms with E-state index in [0.717, 1.165) is 59.9 Å². The van der Waals surface area contributed by atoms with Crippen molar-refractivity contribution >= 4 is 33.3 Å². The van der Waals surface area contributed by atoms with Crippen LogP contribution in [0.25, 0.3) is 10.2 Å². The highest BCUT2D eigenvalue weighted by molar-refractivity contribution is 7.16. The third kappa shape index (κ3) is 4.65. The standard InChI is InChI=1S/C21H25N5O2S/c1-28-18-5-3-2-4-16(18)6-8-22-19(27)14-25-9-11-26(12-10-25)20-17-7-13-29-21(17)24-15-23-20/h2-5,7,13,15H,6,8-12,14H2,1H3,(H,22,27). The van der Waals surface area contributed by atoms with E-state index in [1.165, 1.54) is 0 Å². The van der Waals surface area contributed by atoms with Crippen LogP contribution in [0.1, 0.15) is 5.56 Å². The first-order valence-corrected chi connectivity index (χ1v) is 10.7. The molecule has 3 aromatic rings. The van der Waals surface area contributed by atoms with E-state index in [-0.39, 0.29) is 5.91 Å². The highest BCUT2D eigenvalue weighted by atomic mass is 32.1. The highest BCUT2D eigenvalue weighted by Crippen LogP contribution is 2.27. The first-order valence-electron chi connectivity index (χ1n) is 9.78. The first-order chi connectivity index (χ1) is 14.2. The van der Waals surface area contributed by atoms with Gasteiger partial charge in [0.05, 0.1) is 19.0 Å². The molecule has 8 heteroatoms. The van der Waals surface area contributed by atoms with Gasteiger partial charge >= 0.3 is 0 Å². The number of benzene rings is 1. The number of carbonyl (C=O) groups excluding carboxylic acids is 1. The normalized spacial score (nSPS) is 14.9. The topological polar surface area (TPSA) is 70.6 Å². The fourth-order valence-electron chi connectivity index (χ4n) is 3.65. The van der Waals surface area contributed by atoms with Crippen molar-refractivity contribution in [1.29, 1.82) is 0 Å². The molecule has 0 radical (unpaired) electrons. The first kappa shape index (κ1) is 19.6. The molecular formula is C21H25N5O2S. The van der Waals surface area contributed by atoms with Gasteiger partial charge in [-0.15, -0.1) is 11.3 Å². The van der Waals surface area contributed by atoms with Crippen LogP contribution in [-0.4, -0.2) is 67.2 Å². The Morgan fingerprint density at radius 3 is 2.83 bits per heavy atom. The molecule has 152 valence electrons. The Morgan fingerprint density at radius 2 is 2.00 bits per heavy atom. The number of amides is 1. The fourth-order valence-corrected chi connectivity index (χ4v) is 4.38. The Hall–Kier alpha value is -2.71. The molecule has 0 aliphatic carbocycles. The fraction of sp³-hybridized carbons (Fsp3) is 0.381. The van der Waals surface area contributed by atoms with Gasteiger partial charge in [0.25, 0.3) is 0 Å². The van der Waals surface area contributed by atoms with Gasteiger partial charge in [0.15, 0.2) is 0 Å². The molecule has 1 aromatic carbocycles. The summed E-state index contributed by atoms with van der Waals surface area (Å²) in [6.45, 7) is 4.44. The molecule has 0 saturated carbocycles. The Labute approximate surface area is 174 Å². The monoisotopic (exact) mass is 411 g/mol. The van der Waals surface area contributed by atoms with Crippen molar-refractivity contribution in [2.75, 3.05) is 51.3 Å². The predicted molar refractivity (Wildman–Crippen MR) is 116 cm³/mol. The number of rotatable bonds is 7. The number of hydrogen-bond donors (Lipinski definition) is 1. The minimum atomic E-state index is 0.0654. The van der Waals surface area contributed by atoms with Gasteiger partial charge in [-0.2, -0.15) is 0 Å². The summed E-state index contributed by atoms with van der Waals surface area (Å²) in [6, 6.07) is 9.99. The zero-order valence-electron chi connectivity index (χ0n) is 16.5. The zero-order chi connectivity index (χ0) is 20.1. The number of ether oxygens (including phenoxy) is 1. The molecule has 4 rings (SSSR count). The van der Waals surface area contributed by atoms with Crippen molar-refractivity contribution in [3.8, 4) is 5.75 Å². The van der Waals surface area contributed by atoms with Gasteiger partial charge in [0, 0.05) is 32.7 Å². The minimum absolute atomic E-state index is 0.0654. The van der Waals surface area contributed by atoms with E-state index < -0.39 is 0 Å². The van der Waals surface area contributed by atoms with E-state index in [1.54, 1.807) is 24.8 Å². The molecule has 7 nitrogen and oxygen atoms in total. The average molecular weight is 412 g/mol. The SMILES string of the molecule is COc1ccccc1CCNC(=O)CN1CCN(c2ncnc3sccc23)CC1. The Morgan fingerprint density at radius 1 is 1.17 bits per heavy atom. The van der Waals surface area contributed by atoms with Crippen LogP contribution in [0.3, 0.4) is 0 Å². The van der Waals surface area contributed by atoms with Gasteiger partial charge in [-0.05, 0) is 29.5 Å². The van der Waals surface area contributed by atoms with Gasteiger partial charge in [-0.3, -0.25) is 9.69 Å². The van der Waals surface area contributed by atoms with E-state index in [2.05, 4.69) is 36.5 Å². The third-order valence-corrected chi connectivity index (χ3v) is 6.01. The van der Waals surface area contributed by atoms with E-state index in [4.69, 9.17) is 4.74 Å². The van der Waals surface area contributed by atoms with Crippen molar-refractivity contribution in [3.05, 3.63) is 47.6 Å². The van der Waals surface area contributed by atoms with Gasteiger partial charge in [-0.25, -0.2) is 9.97 Å². The summed E-state index contributed by atoms with van der Waals surface area (Å²) in [6.07, 6.45) is 2.39. The molecular weight excluding hydrogens is 386 g/mol. The van der Waals surface area contributed by atoms with Crippen LogP contribution in [0.2, 0.25) is 0 Å². The third-order valence-electron chi connectivity index (χ3n) is 5.19. The predicted octanol–water partition coefficient (Wildman–Crippen LogP) is 2.18. The van der Waals surface area contributed by atoms with Gasteiger partial charge in [-0.1, -0.05) is 18.2 Å². The summed E-state index contributed by atoms with van der Waals surface area (Å²) in [7, 11) is 1.67. The van der Waals surface area contributed by atoms with E-state index in [0.29, 0.717) is 13.1 Å². The second-order valence-electron chi connectivity index (χ2n) is 7.01. The Balaban J connectivity index is 1.23. The second kappa shape index (κ2) is 9.19. The number of nitrogens with one attached hydrogen (secondary N) is 1. The summed E-state index contributed by atoms with van der Waals surface area (Å²) in [5, 5.41) is 6.19. The molecule has 0 atom stereocenters. The maximum atomic E-state index is 12.3. The van der Waals surface area contributed by atoms with E-state index >= 15 is 0 Å². The number of para-hydroxylation sites is 1. The number of anilines is 1. The van der Waals surface area contributed by atoms with Crippen molar-refractivity contribution < 1.29 is 9.53 Å². The molecule has 1 amide bonds. The maximum Gasteiger partial charge on any atom is 0.234 e. The molecule has 1 aliphatic rings. The lowest BCUT2D eigenvalue weighted by Crippen LogP contribution is -2.49. The van der Waals surface area contributed by atoms with Crippen molar-refractivity contribution in [3.63, 3.8) is 0 Å². The van der Waals surface area contributed by atoms with E-state index in [9.17, 15) is 4.79 Å². The Kier molecular flexibility index (Phi) is 6.21. The van der Waals surface area contributed by atoms with Crippen molar-refractivity contribution in [1.82, 2.24) is 20.2 Å². The van der Waals surface area contributed by atoms with Crippen LogP contribution in [0.5, 0.6) is 5.75 Å². The van der Waals surface area contributed by atoms with Crippen LogP contribution >= 0.6 is 11.3 Å². The van der Waals surface area contributed by atoms with Crippen LogP contribution in [-0.2, 0) is 11.2 Å². The molecule has 1 aliphatic heterocycles. The average Bonchev–Trinajstić information content (AvgIpc) is 3.24. The van der Waals surface area contributed by atoms with Crippen LogP contribution in [0.15, 0.2) is 42.0 Å². The molecule has 29 heavy (non-hydrogen) atoms. The van der Waals surface area contributed by atoms with Gasteiger partial charge in [0.2, 0.25) is 5.91 Å². The number of aromatic nitrogens is 2. The number of thiophene rings is 1. The van der Waals surface area contributed by atoms with E-state index in [1.807, 2.05) is 24.3 Å². The van der Waals surface area contributed by atoms with Crippen LogP contribution in [0.4, 0.5) is 5.82 Å². The molecule has 1 N–H and O–H groups in total. The largest absolute Gasteiger partial charge is 0.496 e. The lowest BCUT2D eigenvalue weighted by molar-refractivity contribution is -0.122. The maximum absolute atomic E-state index is 12.3. The van der Waals surface area contributed by atoms with Crippen molar-refractivity contribution in [2.24, 2.45) is 0 Å². The lowest BCUT2D eigenvalue weighted by Gasteiger charge is -2.35. The second-order valence-corrected chi connectivity index (χ2v) is 7.91. The Bertz CT molecular complexity index is 968. The lowest BCUT2D eigenvalue weighted by atomic mass is 10.1. The highest BCUT2D eigenvalue weighted by Gasteiger charge is 2.21. The molecule has 1 fully saturated rings. The number of piperazine rings is 1. The summed E-state index contributed by atoms with van der Waals surface area (Å²) < 4.78 is 5.36. The number of nitrogens with zero attached hydrogens (tertiary/aromatic N) is 4. The summed E-state index contributed by atoms with van der Waals surface area (Å²) in [5.74, 6) is 1.93. The summed E-state index contributed by atoms with van der Waals surface area (Å²) >= 11 is 1.63. The number of carbonyl (C=O) groups is 1. The molecule has 0 bridgehead atoms. The molecule has 2 aromatic heterocycles. The van der Waals surface area contributed by atoms with Crippen molar-refractivity contribution in [2.45, 2.75) is 6.42 Å². The molecule has 3 heterocycles. The molecule has 0 spiro atoms. The molecule has 0 unspecified atom stereocenters. The molecule has 1 saturated heterocycles. The summed E-state index contributed by atoms with van der Waals surface area (Å²) in [5.41, 5.74) is 1.11. The quantitative estimate of drug-likeness (QED) is 0.643. The van der Waals surface area contributed by atoms with Gasteiger partial charge < -0.3 is 15.0 Å².